The van der Waals surface area contributed by atoms with Gasteiger partial charge in [0.1, 0.15) is 11.3 Å². The van der Waals surface area contributed by atoms with Gasteiger partial charge in [0, 0.05) is 31.7 Å². The fraction of sp³-hybridized carbons (Fsp3) is 0.273. The van der Waals surface area contributed by atoms with Crippen molar-refractivity contribution in [2.75, 3.05) is 27.2 Å². The summed E-state index contributed by atoms with van der Waals surface area (Å²) in [6, 6.07) is 8.31. The topological polar surface area (TPSA) is 91.0 Å². The molecular weight excluding hydrogens is 382 g/mol. The van der Waals surface area contributed by atoms with Crippen molar-refractivity contribution < 1.29 is 14.7 Å². The number of aromatic nitrogens is 3. The molecule has 1 amide bonds. The maximum atomic E-state index is 13.1. The van der Waals surface area contributed by atoms with Gasteiger partial charge in [-0.05, 0) is 50.8 Å². The van der Waals surface area contributed by atoms with E-state index in [1.54, 1.807) is 42.0 Å². The average Bonchev–Trinajstić information content (AvgIpc) is 3.20. The van der Waals surface area contributed by atoms with Gasteiger partial charge < -0.3 is 14.9 Å². The number of nitrogens with zero attached hydrogens (tertiary/aromatic N) is 5. The van der Waals surface area contributed by atoms with Crippen molar-refractivity contribution in [1.29, 1.82) is 0 Å². The predicted molar refractivity (Wildman–Crippen MR) is 112 cm³/mol. The first-order chi connectivity index (χ1) is 14.4. The molecule has 8 heteroatoms. The maximum absolute atomic E-state index is 13.1. The summed E-state index contributed by atoms with van der Waals surface area (Å²) in [4.78, 5) is 37.9. The zero-order valence-electron chi connectivity index (χ0n) is 17.1. The van der Waals surface area contributed by atoms with Gasteiger partial charge in [-0.2, -0.15) is 0 Å². The van der Waals surface area contributed by atoms with Gasteiger partial charge >= 0.3 is 0 Å². The normalized spacial score (nSPS) is 18.7. The van der Waals surface area contributed by atoms with E-state index in [4.69, 9.17) is 0 Å². The number of aryl methyl sites for hydroxylation is 1. The molecule has 3 aromatic rings. The van der Waals surface area contributed by atoms with Crippen LogP contribution in [0.3, 0.4) is 0 Å². The van der Waals surface area contributed by atoms with Crippen molar-refractivity contribution in [2.24, 2.45) is 0 Å². The molecular formula is C22H23N5O3. The molecule has 1 aliphatic heterocycles. The molecule has 1 aliphatic rings. The Hall–Kier alpha value is -3.52. The molecule has 1 atom stereocenters. The van der Waals surface area contributed by atoms with Crippen LogP contribution in [0.25, 0.3) is 11.4 Å². The summed E-state index contributed by atoms with van der Waals surface area (Å²) < 4.78 is 1.72. The number of likely N-dealkylation sites (N-methyl/N-ethyl adjacent to an activating group) is 1. The molecule has 4 heterocycles. The summed E-state index contributed by atoms with van der Waals surface area (Å²) in [7, 11) is 3.81. The van der Waals surface area contributed by atoms with E-state index in [-0.39, 0.29) is 11.3 Å². The van der Waals surface area contributed by atoms with Crippen molar-refractivity contribution in [1.82, 2.24) is 24.2 Å². The Bertz CT molecular complexity index is 1150. The fourth-order valence-electron chi connectivity index (χ4n) is 3.84. The van der Waals surface area contributed by atoms with Crippen LogP contribution in [0.4, 0.5) is 0 Å². The third-order valence-electron chi connectivity index (χ3n) is 5.28. The summed E-state index contributed by atoms with van der Waals surface area (Å²) in [6.45, 7) is 2.71. The highest BCUT2D eigenvalue weighted by Gasteiger charge is 2.46. The molecule has 4 rings (SSSR count). The van der Waals surface area contributed by atoms with Gasteiger partial charge in [0.2, 0.25) is 0 Å². The minimum Gasteiger partial charge on any atom is -0.505 e. The van der Waals surface area contributed by atoms with Crippen molar-refractivity contribution >= 4 is 23.1 Å². The number of pyridine rings is 2. The van der Waals surface area contributed by atoms with Crippen LogP contribution in [-0.2, 0) is 9.59 Å². The molecule has 30 heavy (non-hydrogen) atoms. The molecule has 0 spiro atoms. The number of ketones is 1. The first kappa shape index (κ1) is 19.8. The Kier molecular flexibility index (Phi) is 5.09. The van der Waals surface area contributed by atoms with E-state index >= 15 is 0 Å². The molecule has 1 fully saturated rings. The van der Waals surface area contributed by atoms with E-state index in [1.165, 1.54) is 4.90 Å². The van der Waals surface area contributed by atoms with Gasteiger partial charge in [-0.3, -0.25) is 19.0 Å². The van der Waals surface area contributed by atoms with Crippen molar-refractivity contribution in [3.63, 3.8) is 0 Å². The molecule has 1 unspecified atom stereocenters. The molecule has 0 saturated carbocycles. The van der Waals surface area contributed by atoms with E-state index in [9.17, 15) is 14.7 Å². The number of fused-ring (bicyclic) bond motifs is 1. The lowest BCUT2D eigenvalue weighted by Crippen LogP contribution is -2.35. The Balaban J connectivity index is 1.92. The summed E-state index contributed by atoms with van der Waals surface area (Å²) in [6.07, 6.45) is 5.00. The molecule has 0 aliphatic carbocycles. The highest BCUT2D eigenvalue weighted by Crippen LogP contribution is 2.39. The fourth-order valence-corrected chi connectivity index (χ4v) is 3.84. The highest BCUT2D eigenvalue weighted by molar-refractivity contribution is 6.46. The number of carbonyl (C=O) groups is 2. The van der Waals surface area contributed by atoms with E-state index in [1.807, 2.05) is 37.2 Å². The monoisotopic (exact) mass is 405 g/mol. The maximum Gasteiger partial charge on any atom is 0.295 e. The summed E-state index contributed by atoms with van der Waals surface area (Å²) in [5.41, 5.74) is 2.43. The average molecular weight is 405 g/mol. The highest BCUT2D eigenvalue weighted by atomic mass is 16.3. The largest absolute Gasteiger partial charge is 0.505 e. The zero-order chi connectivity index (χ0) is 21.4. The van der Waals surface area contributed by atoms with Crippen molar-refractivity contribution in [3.05, 3.63) is 71.4 Å². The number of rotatable bonds is 5. The predicted octanol–water partition coefficient (Wildman–Crippen LogP) is 2.02. The van der Waals surface area contributed by atoms with Crippen LogP contribution in [-0.4, -0.2) is 68.2 Å². The minimum atomic E-state index is -0.696. The quantitative estimate of drug-likeness (QED) is 0.397. The van der Waals surface area contributed by atoms with Crippen molar-refractivity contribution in [3.8, 4) is 0 Å². The molecule has 3 aromatic heterocycles. The van der Waals surface area contributed by atoms with Crippen LogP contribution in [0.5, 0.6) is 0 Å². The number of hydrogen-bond donors (Lipinski definition) is 1. The number of hydrogen-bond acceptors (Lipinski definition) is 6. The Labute approximate surface area is 174 Å². The third-order valence-corrected chi connectivity index (χ3v) is 5.28. The number of carbonyl (C=O) groups excluding carboxylic acids is 2. The van der Waals surface area contributed by atoms with E-state index in [0.29, 0.717) is 30.1 Å². The van der Waals surface area contributed by atoms with Gasteiger partial charge in [-0.15, -0.1) is 0 Å². The summed E-state index contributed by atoms with van der Waals surface area (Å²) >= 11 is 0. The first-order valence-electron chi connectivity index (χ1n) is 9.67. The number of aliphatic hydroxyl groups is 1. The van der Waals surface area contributed by atoms with Crippen LogP contribution >= 0.6 is 0 Å². The molecule has 1 N–H and O–H groups in total. The second-order valence-electron chi connectivity index (χ2n) is 7.55. The number of imidazole rings is 1. The van der Waals surface area contributed by atoms with Crippen molar-refractivity contribution in [2.45, 2.75) is 13.0 Å². The molecule has 0 bridgehead atoms. The summed E-state index contributed by atoms with van der Waals surface area (Å²) in [5.74, 6) is -1.54. The van der Waals surface area contributed by atoms with Crippen LogP contribution in [0.2, 0.25) is 0 Å². The van der Waals surface area contributed by atoms with Gasteiger partial charge in [-0.25, -0.2) is 4.98 Å². The minimum absolute atomic E-state index is 0.0682. The standard InChI is InChI=1S/C22H23N5O3/c1-14-18(26-11-5-4-6-16(26)24-14)20(28)17-19(15-7-9-23-10-8-15)27(13-12-25(2)3)22(30)21(17)29/h4-11,19,28H,12-13H2,1-3H3. The Morgan fingerprint density at radius 1 is 1.17 bits per heavy atom. The third kappa shape index (κ3) is 3.25. The van der Waals surface area contributed by atoms with Gasteiger partial charge in [0.25, 0.3) is 11.7 Å². The molecule has 0 radical (unpaired) electrons. The zero-order valence-corrected chi connectivity index (χ0v) is 17.1. The smallest absolute Gasteiger partial charge is 0.295 e. The lowest BCUT2D eigenvalue weighted by atomic mass is 9.97. The second kappa shape index (κ2) is 7.72. The Morgan fingerprint density at radius 3 is 2.60 bits per heavy atom. The van der Waals surface area contributed by atoms with E-state index < -0.39 is 17.7 Å². The van der Waals surface area contributed by atoms with Crippen LogP contribution in [0.15, 0.2) is 54.5 Å². The first-order valence-corrected chi connectivity index (χ1v) is 9.67. The van der Waals surface area contributed by atoms with Crippen LogP contribution in [0.1, 0.15) is 23.0 Å². The molecule has 8 nitrogen and oxygen atoms in total. The second-order valence-corrected chi connectivity index (χ2v) is 7.55. The lowest BCUT2D eigenvalue weighted by Gasteiger charge is -2.26. The van der Waals surface area contributed by atoms with Crippen LogP contribution in [0, 0.1) is 6.92 Å². The summed E-state index contributed by atoms with van der Waals surface area (Å²) in [5, 5.41) is 11.3. The van der Waals surface area contributed by atoms with Gasteiger partial charge in [0.05, 0.1) is 17.3 Å². The Morgan fingerprint density at radius 2 is 1.90 bits per heavy atom. The van der Waals surface area contributed by atoms with E-state index in [2.05, 4.69) is 9.97 Å². The van der Waals surface area contributed by atoms with Gasteiger partial charge in [0.15, 0.2) is 5.76 Å². The molecule has 0 aromatic carbocycles. The number of amides is 1. The van der Waals surface area contributed by atoms with Gasteiger partial charge in [-0.1, -0.05) is 6.07 Å². The number of Topliss-reactive ketones (excluding diaryl/α,β-unsaturated/α-hetero) is 1. The SMILES string of the molecule is Cc1nc2ccccn2c1C(O)=C1C(=O)C(=O)N(CCN(C)C)C1c1ccncc1. The lowest BCUT2D eigenvalue weighted by molar-refractivity contribution is -0.140. The van der Waals surface area contributed by atoms with Crippen LogP contribution < -0.4 is 0 Å². The molecule has 1 saturated heterocycles. The molecule has 154 valence electrons. The number of likely N-dealkylation sites (tertiary alicyclic amines) is 1. The number of aliphatic hydroxyl groups excluding tert-OH is 1. The van der Waals surface area contributed by atoms with E-state index in [0.717, 1.165) is 5.56 Å².